The van der Waals surface area contributed by atoms with E-state index >= 15 is 0 Å². The fourth-order valence-electron chi connectivity index (χ4n) is 0.469. The van der Waals surface area contributed by atoms with E-state index in [4.69, 9.17) is 4.74 Å². The first kappa shape index (κ1) is 10.2. The fourth-order valence-corrected chi connectivity index (χ4v) is 0.469. The Morgan fingerprint density at radius 2 is 2.18 bits per heavy atom. The highest BCUT2D eigenvalue weighted by Crippen LogP contribution is 1.93. The van der Waals surface area contributed by atoms with Crippen molar-refractivity contribution in [2.24, 2.45) is 0 Å². The van der Waals surface area contributed by atoms with Crippen LogP contribution in [0.15, 0.2) is 0 Å². The number of hydrogen-bond acceptors (Lipinski definition) is 3. The van der Waals surface area contributed by atoms with Crippen molar-refractivity contribution < 1.29 is 14.4 Å². The zero-order valence-electron chi connectivity index (χ0n) is 7.29. The van der Waals surface area contributed by atoms with Gasteiger partial charge in [0.2, 0.25) is 0 Å². The van der Waals surface area contributed by atoms with Crippen molar-refractivity contribution in [2.75, 3.05) is 20.8 Å². The van der Waals surface area contributed by atoms with Crippen LogP contribution in [-0.4, -0.2) is 31.9 Å². The number of amides is 1. The maximum Gasteiger partial charge on any atom is 0.433 e. The molecule has 0 heterocycles. The molecule has 0 atom stereocenters. The summed E-state index contributed by atoms with van der Waals surface area (Å²) in [5.74, 6) is 0. The standard InChI is InChI=1S/C7H15NO3/c1-4-5-6-11-7(9)8(2)10-3/h4-6H2,1-3H3. The lowest BCUT2D eigenvalue weighted by atomic mass is 10.4. The Balaban J connectivity index is 3.36. The lowest BCUT2D eigenvalue weighted by molar-refractivity contribution is -0.0905. The molecule has 0 radical (unpaired) electrons. The van der Waals surface area contributed by atoms with Gasteiger partial charge in [-0.15, -0.1) is 0 Å². The molecular formula is C7H15NO3. The van der Waals surface area contributed by atoms with Gasteiger partial charge in [0.05, 0.1) is 13.7 Å². The molecule has 0 bridgehead atoms. The number of carbonyl (C=O) groups is 1. The topological polar surface area (TPSA) is 38.8 Å². The first-order valence-electron chi connectivity index (χ1n) is 3.67. The van der Waals surface area contributed by atoms with Crippen LogP contribution >= 0.6 is 0 Å². The van der Waals surface area contributed by atoms with Crippen LogP contribution in [-0.2, 0) is 9.57 Å². The number of unbranched alkanes of at least 4 members (excludes halogenated alkanes) is 1. The van der Waals surface area contributed by atoms with Gasteiger partial charge in [0.1, 0.15) is 0 Å². The minimum absolute atomic E-state index is 0.444. The highest BCUT2D eigenvalue weighted by molar-refractivity contribution is 5.65. The third-order valence-electron chi connectivity index (χ3n) is 1.25. The van der Waals surface area contributed by atoms with Crippen molar-refractivity contribution in [2.45, 2.75) is 19.8 Å². The molecule has 4 heteroatoms. The SMILES string of the molecule is CCCCOC(=O)N(C)OC. The van der Waals surface area contributed by atoms with Crippen molar-refractivity contribution in [1.29, 1.82) is 0 Å². The zero-order valence-corrected chi connectivity index (χ0v) is 7.29. The molecule has 0 aliphatic heterocycles. The zero-order chi connectivity index (χ0) is 8.69. The van der Waals surface area contributed by atoms with Crippen LogP contribution < -0.4 is 0 Å². The predicted octanol–water partition coefficient (Wildman–Crippen LogP) is 1.42. The van der Waals surface area contributed by atoms with E-state index in [1.165, 1.54) is 14.2 Å². The Bertz CT molecular complexity index is 116. The van der Waals surface area contributed by atoms with Crippen LogP contribution in [0.2, 0.25) is 0 Å². The van der Waals surface area contributed by atoms with Gasteiger partial charge in [-0.05, 0) is 6.42 Å². The summed E-state index contributed by atoms with van der Waals surface area (Å²) in [6.45, 7) is 2.50. The molecule has 11 heavy (non-hydrogen) atoms. The van der Waals surface area contributed by atoms with Gasteiger partial charge in [0.25, 0.3) is 0 Å². The summed E-state index contributed by atoms with van der Waals surface area (Å²) in [5.41, 5.74) is 0. The maximum absolute atomic E-state index is 10.8. The summed E-state index contributed by atoms with van der Waals surface area (Å²) in [7, 11) is 2.93. The molecule has 0 aromatic rings. The maximum atomic E-state index is 10.8. The number of rotatable bonds is 4. The number of carbonyl (C=O) groups excluding carboxylic acids is 1. The van der Waals surface area contributed by atoms with E-state index in [0.29, 0.717) is 6.61 Å². The monoisotopic (exact) mass is 161 g/mol. The van der Waals surface area contributed by atoms with Gasteiger partial charge in [0.15, 0.2) is 0 Å². The molecule has 0 rings (SSSR count). The van der Waals surface area contributed by atoms with Crippen molar-refractivity contribution >= 4 is 6.09 Å². The van der Waals surface area contributed by atoms with E-state index in [2.05, 4.69) is 4.84 Å². The Morgan fingerprint density at radius 3 is 2.64 bits per heavy atom. The summed E-state index contributed by atoms with van der Waals surface area (Å²) < 4.78 is 4.80. The smallest absolute Gasteiger partial charge is 0.433 e. The Morgan fingerprint density at radius 1 is 1.55 bits per heavy atom. The number of hydroxylamine groups is 2. The predicted molar refractivity (Wildman–Crippen MR) is 41.0 cm³/mol. The van der Waals surface area contributed by atoms with Crippen LogP contribution in [0.4, 0.5) is 4.79 Å². The molecule has 0 aromatic carbocycles. The van der Waals surface area contributed by atoms with Crippen LogP contribution in [0, 0.1) is 0 Å². The average molecular weight is 161 g/mol. The lowest BCUT2D eigenvalue weighted by Gasteiger charge is -2.12. The normalized spacial score (nSPS) is 9.36. The molecule has 0 aromatic heterocycles. The minimum Gasteiger partial charge on any atom is -0.448 e. The van der Waals surface area contributed by atoms with Crippen molar-refractivity contribution in [1.82, 2.24) is 5.06 Å². The molecule has 0 aliphatic carbocycles. The number of nitrogens with zero attached hydrogens (tertiary/aromatic N) is 1. The third-order valence-corrected chi connectivity index (χ3v) is 1.25. The summed E-state index contributed by atoms with van der Waals surface area (Å²) in [6, 6.07) is 0. The van der Waals surface area contributed by atoms with E-state index < -0.39 is 6.09 Å². The molecule has 4 nitrogen and oxygen atoms in total. The first-order valence-corrected chi connectivity index (χ1v) is 3.67. The van der Waals surface area contributed by atoms with Gasteiger partial charge >= 0.3 is 6.09 Å². The third kappa shape index (κ3) is 4.61. The van der Waals surface area contributed by atoms with Gasteiger partial charge in [-0.3, -0.25) is 4.84 Å². The highest BCUT2D eigenvalue weighted by Gasteiger charge is 2.06. The molecule has 0 fully saturated rings. The van der Waals surface area contributed by atoms with Gasteiger partial charge < -0.3 is 4.74 Å². The second-order valence-corrected chi connectivity index (χ2v) is 2.15. The van der Waals surface area contributed by atoms with Gasteiger partial charge in [-0.25, -0.2) is 4.79 Å². The molecule has 1 amide bonds. The van der Waals surface area contributed by atoms with Gasteiger partial charge in [-0.2, -0.15) is 5.06 Å². The van der Waals surface area contributed by atoms with Crippen molar-refractivity contribution in [3.63, 3.8) is 0 Å². The molecule has 0 spiro atoms. The van der Waals surface area contributed by atoms with E-state index in [9.17, 15) is 4.79 Å². The van der Waals surface area contributed by atoms with Crippen LogP contribution in [0.25, 0.3) is 0 Å². The summed E-state index contributed by atoms with van der Waals surface area (Å²) >= 11 is 0. The fraction of sp³-hybridized carbons (Fsp3) is 0.857. The lowest BCUT2D eigenvalue weighted by Crippen LogP contribution is -2.26. The number of ether oxygens (including phenoxy) is 1. The minimum atomic E-state index is -0.444. The highest BCUT2D eigenvalue weighted by atomic mass is 16.7. The Labute approximate surface area is 67.0 Å². The molecule has 0 saturated carbocycles. The Kier molecular flexibility index (Phi) is 5.56. The van der Waals surface area contributed by atoms with Crippen LogP contribution in [0.1, 0.15) is 19.8 Å². The van der Waals surface area contributed by atoms with Crippen LogP contribution in [0.5, 0.6) is 0 Å². The molecule has 0 N–H and O–H groups in total. The van der Waals surface area contributed by atoms with E-state index in [1.54, 1.807) is 0 Å². The summed E-state index contributed by atoms with van der Waals surface area (Å²) in [6.07, 6.45) is 1.47. The molecular weight excluding hydrogens is 146 g/mol. The van der Waals surface area contributed by atoms with Gasteiger partial charge in [0, 0.05) is 7.05 Å². The quantitative estimate of drug-likeness (QED) is 0.462. The van der Waals surface area contributed by atoms with E-state index in [1.807, 2.05) is 6.92 Å². The molecule has 66 valence electrons. The molecule has 0 unspecified atom stereocenters. The van der Waals surface area contributed by atoms with Gasteiger partial charge in [-0.1, -0.05) is 13.3 Å². The second kappa shape index (κ2) is 5.97. The van der Waals surface area contributed by atoms with Crippen molar-refractivity contribution in [3.8, 4) is 0 Å². The summed E-state index contributed by atoms with van der Waals surface area (Å²) in [4.78, 5) is 15.4. The van der Waals surface area contributed by atoms with E-state index in [-0.39, 0.29) is 0 Å². The second-order valence-electron chi connectivity index (χ2n) is 2.15. The average Bonchev–Trinajstić information content (AvgIpc) is 2.03. The van der Waals surface area contributed by atoms with Crippen molar-refractivity contribution in [3.05, 3.63) is 0 Å². The first-order chi connectivity index (χ1) is 5.22. The van der Waals surface area contributed by atoms with E-state index in [0.717, 1.165) is 17.9 Å². The molecule has 0 aliphatic rings. The largest absolute Gasteiger partial charge is 0.448 e. The number of hydrogen-bond donors (Lipinski definition) is 0. The molecule has 0 saturated heterocycles. The van der Waals surface area contributed by atoms with Crippen LogP contribution in [0.3, 0.4) is 0 Å². The Hall–Kier alpha value is -0.770. The summed E-state index contributed by atoms with van der Waals surface area (Å²) in [5, 5.41) is 1.05.